The molecule has 3 unspecified atom stereocenters. The molecule has 1 heterocycles. The highest BCUT2D eigenvalue weighted by molar-refractivity contribution is 5.15. The number of allylic oxidation sites excluding steroid dienone is 1. The van der Waals surface area contributed by atoms with E-state index in [2.05, 4.69) is 25.2 Å². The molecule has 1 aliphatic heterocycles. The SMILES string of the molecule is CCNC(C1=CCCCCC1)C1CCOC1CC. The van der Waals surface area contributed by atoms with Crippen molar-refractivity contribution in [3.63, 3.8) is 0 Å². The fraction of sp³-hybridized carbons (Fsp3) is 0.875. The van der Waals surface area contributed by atoms with Gasteiger partial charge in [-0.2, -0.15) is 0 Å². The van der Waals surface area contributed by atoms with Gasteiger partial charge in [0.25, 0.3) is 0 Å². The summed E-state index contributed by atoms with van der Waals surface area (Å²) in [5.74, 6) is 0.694. The third-order valence-corrected chi connectivity index (χ3v) is 4.49. The van der Waals surface area contributed by atoms with Gasteiger partial charge in [0, 0.05) is 18.6 Å². The van der Waals surface area contributed by atoms with Crippen LogP contribution in [-0.4, -0.2) is 25.3 Å². The first kappa shape index (κ1) is 14.1. The Bertz CT molecular complexity index is 274. The predicted molar refractivity (Wildman–Crippen MR) is 76.8 cm³/mol. The van der Waals surface area contributed by atoms with E-state index in [0.717, 1.165) is 19.6 Å². The molecule has 2 nitrogen and oxygen atoms in total. The molecule has 0 aromatic rings. The maximum absolute atomic E-state index is 5.90. The highest BCUT2D eigenvalue weighted by atomic mass is 16.5. The van der Waals surface area contributed by atoms with Gasteiger partial charge in [0.05, 0.1) is 6.10 Å². The Labute approximate surface area is 112 Å². The van der Waals surface area contributed by atoms with Crippen LogP contribution in [0.5, 0.6) is 0 Å². The van der Waals surface area contributed by atoms with Crippen LogP contribution in [0.3, 0.4) is 0 Å². The minimum Gasteiger partial charge on any atom is -0.378 e. The van der Waals surface area contributed by atoms with E-state index >= 15 is 0 Å². The van der Waals surface area contributed by atoms with Crippen molar-refractivity contribution in [2.75, 3.05) is 13.2 Å². The van der Waals surface area contributed by atoms with Crippen LogP contribution in [0.15, 0.2) is 11.6 Å². The second kappa shape index (κ2) is 7.30. The van der Waals surface area contributed by atoms with Gasteiger partial charge in [-0.15, -0.1) is 0 Å². The first-order chi connectivity index (χ1) is 8.86. The Kier molecular flexibility index (Phi) is 5.71. The minimum absolute atomic E-state index is 0.471. The molecular formula is C16H29NO. The molecule has 18 heavy (non-hydrogen) atoms. The maximum atomic E-state index is 5.90. The first-order valence-corrected chi connectivity index (χ1v) is 7.90. The fourth-order valence-corrected chi connectivity index (χ4v) is 3.57. The standard InChI is InChI=1S/C16H29NO/c1-3-15-14(11-12-18-15)16(17-4-2)13-9-7-5-6-8-10-13/h9,14-17H,3-8,10-12H2,1-2H3. The molecule has 0 radical (unpaired) electrons. The van der Waals surface area contributed by atoms with Gasteiger partial charge in [0.15, 0.2) is 0 Å². The highest BCUT2D eigenvalue weighted by Crippen LogP contribution is 2.32. The summed E-state index contributed by atoms with van der Waals surface area (Å²) in [5, 5.41) is 3.74. The second-order valence-electron chi connectivity index (χ2n) is 5.68. The lowest BCUT2D eigenvalue weighted by Gasteiger charge is -2.30. The molecule has 0 bridgehead atoms. The first-order valence-electron chi connectivity index (χ1n) is 7.90. The van der Waals surface area contributed by atoms with E-state index in [9.17, 15) is 0 Å². The van der Waals surface area contributed by atoms with E-state index < -0.39 is 0 Å². The molecule has 0 amide bonds. The van der Waals surface area contributed by atoms with E-state index in [0.29, 0.717) is 18.1 Å². The van der Waals surface area contributed by atoms with Crippen molar-refractivity contribution in [2.24, 2.45) is 5.92 Å². The van der Waals surface area contributed by atoms with Gasteiger partial charge in [0.2, 0.25) is 0 Å². The monoisotopic (exact) mass is 251 g/mol. The van der Waals surface area contributed by atoms with Crippen LogP contribution in [0.4, 0.5) is 0 Å². The zero-order valence-electron chi connectivity index (χ0n) is 12.1. The van der Waals surface area contributed by atoms with Crippen molar-refractivity contribution in [3.05, 3.63) is 11.6 Å². The molecule has 0 aromatic carbocycles. The Morgan fingerprint density at radius 2 is 2.22 bits per heavy atom. The lowest BCUT2D eigenvalue weighted by molar-refractivity contribution is 0.0807. The summed E-state index contributed by atoms with van der Waals surface area (Å²) < 4.78 is 5.90. The Balaban J connectivity index is 2.08. The molecule has 1 fully saturated rings. The molecule has 3 atom stereocenters. The van der Waals surface area contributed by atoms with E-state index in [1.165, 1.54) is 38.5 Å². The second-order valence-corrected chi connectivity index (χ2v) is 5.68. The molecule has 2 heteroatoms. The summed E-state index contributed by atoms with van der Waals surface area (Å²) in [6, 6.07) is 0.570. The molecule has 1 N–H and O–H groups in total. The van der Waals surface area contributed by atoms with E-state index in [1.54, 1.807) is 5.57 Å². The molecule has 2 aliphatic rings. The van der Waals surface area contributed by atoms with Crippen LogP contribution < -0.4 is 5.32 Å². The smallest absolute Gasteiger partial charge is 0.0619 e. The van der Waals surface area contributed by atoms with Crippen molar-refractivity contribution >= 4 is 0 Å². The largest absolute Gasteiger partial charge is 0.378 e. The van der Waals surface area contributed by atoms with Crippen molar-refractivity contribution in [1.82, 2.24) is 5.32 Å². The number of hydrogen-bond acceptors (Lipinski definition) is 2. The fourth-order valence-electron chi connectivity index (χ4n) is 3.57. The van der Waals surface area contributed by atoms with Crippen LogP contribution >= 0.6 is 0 Å². The third-order valence-electron chi connectivity index (χ3n) is 4.49. The summed E-state index contributed by atoms with van der Waals surface area (Å²) in [6.45, 7) is 6.50. The molecular weight excluding hydrogens is 222 g/mol. The van der Waals surface area contributed by atoms with Crippen molar-refractivity contribution in [2.45, 2.75) is 70.9 Å². The van der Waals surface area contributed by atoms with Crippen LogP contribution in [0.25, 0.3) is 0 Å². The quantitative estimate of drug-likeness (QED) is 0.753. The lowest BCUT2D eigenvalue weighted by atomic mass is 9.84. The minimum atomic E-state index is 0.471. The molecule has 0 aromatic heterocycles. The van der Waals surface area contributed by atoms with Crippen LogP contribution in [0.2, 0.25) is 0 Å². The third kappa shape index (κ3) is 3.36. The van der Waals surface area contributed by atoms with E-state index in [1.807, 2.05) is 0 Å². The number of rotatable bonds is 5. The number of nitrogens with one attached hydrogen (secondary N) is 1. The molecule has 1 aliphatic carbocycles. The molecule has 2 rings (SSSR count). The summed E-state index contributed by atoms with van der Waals surface area (Å²) >= 11 is 0. The predicted octanol–water partition coefficient (Wildman–Crippen LogP) is 3.67. The van der Waals surface area contributed by atoms with Gasteiger partial charge in [-0.1, -0.05) is 31.9 Å². The van der Waals surface area contributed by atoms with Gasteiger partial charge in [-0.3, -0.25) is 0 Å². The Hall–Kier alpha value is -0.340. The average molecular weight is 251 g/mol. The molecule has 0 spiro atoms. The normalized spacial score (nSPS) is 30.9. The van der Waals surface area contributed by atoms with Crippen molar-refractivity contribution in [1.29, 1.82) is 0 Å². The maximum Gasteiger partial charge on any atom is 0.0619 e. The van der Waals surface area contributed by atoms with Crippen molar-refractivity contribution in [3.8, 4) is 0 Å². The zero-order chi connectivity index (χ0) is 12.8. The Morgan fingerprint density at radius 1 is 1.33 bits per heavy atom. The van der Waals surface area contributed by atoms with Gasteiger partial charge >= 0.3 is 0 Å². The van der Waals surface area contributed by atoms with Crippen molar-refractivity contribution < 1.29 is 4.74 Å². The number of likely N-dealkylation sites (N-methyl/N-ethyl adjacent to an activating group) is 1. The molecule has 1 saturated heterocycles. The van der Waals surface area contributed by atoms with Crippen LogP contribution in [0.1, 0.15) is 58.8 Å². The highest BCUT2D eigenvalue weighted by Gasteiger charge is 2.34. The van der Waals surface area contributed by atoms with Crippen LogP contribution in [-0.2, 0) is 4.74 Å². The summed E-state index contributed by atoms with van der Waals surface area (Å²) in [7, 11) is 0. The number of hydrogen-bond donors (Lipinski definition) is 1. The van der Waals surface area contributed by atoms with Gasteiger partial charge in [-0.25, -0.2) is 0 Å². The van der Waals surface area contributed by atoms with Crippen LogP contribution in [0, 0.1) is 5.92 Å². The number of ether oxygens (including phenoxy) is 1. The summed E-state index contributed by atoms with van der Waals surface area (Å²) in [5.41, 5.74) is 1.67. The topological polar surface area (TPSA) is 21.3 Å². The van der Waals surface area contributed by atoms with E-state index in [4.69, 9.17) is 4.74 Å². The van der Waals surface area contributed by atoms with Gasteiger partial charge in [-0.05, 0) is 45.1 Å². The van der Waals surface area contributed by atoms with Gasteiger partial charge < -0.3 is 10.1 Å². The Morgan fingerprint density at radius 3 is 3.00 bits per heavy atom. The lowest BCUT2D eigenvalue weighted by Crippen LogP contribution is -2.41. The zero-order valence-corrected chi connectivity index (χ0v) is 12.1. The summed E-state index contributed by atoms with van der Waals surface area (Å²) in [4.78, 5) is 0. The molecule has 104 valence electrons. The van der Waals surface area contributed by atoms with Gasteiger partial charge in [0.1, 0.15) is 0 Å². The summed E-state index contributed by atoms with van der Waals surface area (Å²) in [6.07, 6.45) is 12.1. The molecule has 0 saturated carbocycles. The average Bonchev–Trinajstić information content (AvgIpc) is 2.69. The van der Waals surface area contributed by atoms with E-state index in [-0.39, 0.29) is 0 Å².